The normalized spacial score (nSPS) is 10.7. The highest BCUT2D eigenvalue weighted by atomic mass is 16.6. The zero-order chi connectivity index (χ0) is 30.3. The molecule has 2 rings (SSSR count). The highest BCUT2D eigenvalue weighted by Crippen LogP contribution is 2.41. The number of benzene rings is 2. The number of carboxylic acids is 1. The number of aromatic hydroxyl groups is 2. The predicted molar refractivity (Wildman–Crippen MR) is 134 cm³/mol. The van der Waals surface area contributed by atoms with Crippen LogP contribution in [0.2, 0.25) is 0 Å². The average molecular weight is 540 g/mol. The molecule has 0 atom stereocenters. The van der Waals surface area contributed by atoms with Gasteiger partial charge in [0, 0.05) is 30.2 Å². The first kappa shape index (κ1) is 33.1. The van der Waals surface area contributed by atoms with E-state index in [1.54, 1.807) is 41.5 Å². The molecule has 2 aromatic carbocycles. The van der Waals surface area contributed by atoms with Gasteiger partial charge in [0.15, 0.2) is 11.5 Å². The number of carbonyl (C=O) groups is 1. The third kappa shape index (κ3) is 9.29. The Bertz CT molecular complexity index is 1160. The molecule has 2 aromatic rings. The van der Waals surface area contributed by atoms with Gasteiger partial charge in [0.2, 0.25) is 0 Å². The van der Waals surface area contributed by atoms with Gasteiger partial charge in [-0.2, -0.15) is 0 Å². The molecule has 0 aliphatic carbocycles. The number of phenolic OH excluding ortho intramolecular Hbond substituents is 2. The molecule has 16 heteroatoms. The lowest BCUT2D eigenvalue weighted by Gasteiger charge is -2.19. The number of nitro groups is 4. The van der Waals surface area contributed by atoms with Gasteiger partial charge in [-0.15, -0.1) is 0 Å². The molecule has 0 amide bonds. The molecule has 0 saturated carbocycles. The molecule has 0 bridgehead atoms. The van der Waals surface area contributed by atoms with Crippen LogP contribution in [0.25, 0.3) is 0 Å². The van der Waals surface area contributed by atoms with Gasteiger partial charge in [0.1, 0.15) is 0 Å². The van der Waals surface area contributed by atoms with Gasteiger partial charge >= 0.3 is 11.4 Å². The van der Waals surface area contributed by atoms with E-state index >= 15 is 0 Å². The van der Waals surface area contributed by atoms with Gasteiger partial charge < -0.3 is 15.3 Å². The number of nitrogens with zero attached hydrogens (tertiary/aromatic N) is 4. The smallest absolute Gasteiger partial charge is 0.317 e. The van der Waals surface area contributed by atoms with E-state index in [-0.39, 0.29) is 11.1 Å². The number of carboxylic acid groups (broad SMARTS) is 1. The van der Waals surface area contributed by atoms with Crippen molar-refractivity contribution < 1.29 is 39.8 Å². The van der Waals surface area contributed by atoms with Gasteiger partial charge in [-0.3, -0.25) is 45.3 Å². The highest BCUT2D eigenvalue weighted by Gasteiger charge is 2.30. The summed E-state index contributed by atoms with van der Waals surface area (Å²) in [6.07, 6.45) is 0. The summed E-state index contributed by atoms with van der Waals surface area (Å²) in [6.45, 7) is 11.3. The Morgan fingerprint density at radius 2 is 0.868 bits per heavy atom. The minimum atomic E-state index is -0.836. The summed E-state index contributed by atoms with van der Waals surface area (Å²) in [7, 11) is 0. The summed E-state index contributed by atoms with van der Waals surface area (Å²) < 4.78 is 0. The van der Waals surface area contributed by atoms with E-state index in [1.807, 2.05) is 0 Å². The second-order valence-electron chi connectivity index (χ2n) is 9.77. The maximum atomic E-state index is 10.7. The summed E-state index contributed by atoms with van der Waals surface area (Å²) >= 11 is 0. The molecule has 3 N–H and O–H groups in total. The average Bonchev–Trinajstić information content (AvgIpc) is 2.71. The van der Waals surface area contributed by atoms with Gasteiger partial charge in [0.25, 0.3) is 17.3 Å². The number of non-ortho nitro benzene ring substituents is 2. The standard InChI is InChI=1S/2C10H12N2O5.C2H4O2/c2*1-10(2,3)7-4-6(11(14)15)5-8(9(7)13)12(16)17;1-2(3)4/h2*4-5,13H,1-3H3;1H3,(H,3,4). The lowest BCUT2D eigenvalue weighted by Crippen LogP contribution is -2.12. The first-order valence-corrected chi connectivity index (χ1v) is 10.5. The summed E-state index contributed by atoms with van der Waals surface area (Å²) in [5.41, 5.74) is -2.99. The fourth-order valence-electron chi connectivity index (χ4n) is 2.84. The molecule has 208 valence electrons. The van der Waals surface area contributed by atoms with E-state index in [2.05, 4.69) is 0 Å². The Labute approximate surface area is 215 Å². The van der Waals surface area contributed by atoms with E-state index in [4.69, 9.17) is 9.90 Å². The molecule has 0 aliphatic heterocycles. The van der Waals surface area contributed by atoms with Gasteiger partial charge in [-0.1, -0.05) is 41.5 Å². The highest BCUT2D eigenvalue weighted by molar-refractivity contribution is 5.63. The summed E-state index contributed by atoms with van der Waals surface area (Å²) in [5.74, 6) is -1.87. The third-order valence-electron chi connectivity index (χ3n) is 4.58. The topological polar surface area (TPSA) is 250 Å². The van der Waals surface area contributed by atoms with E-state index in [9.17, 15) is 50.7 Å². The van der Waals surface area contributed by atoms with Crippen LogP contribution in [0.5, 0.6) is 11.5 Å². The Kier molecular flexibility index (Phi) is 10.8. The quantitative estimate of drug-likeness (QED) is 0.338. The molecule has 38 heavy (non-hydrogen) atoms. The molecule has 0 aliphatic rings. The Hall–Kier alpha value is -4.89. The van der Waals surface area contributed by atoms with E-state index < -0.39 is 70.7 Å². The van der Waals surface area contributed by atoms with Crippen molar-refractivity contribution in [3.05, 3.63) is 75.8 Å². The van der Waals surface area contributed by atoms with Gasteiger partial charge in [0.05, 0.1) is 31.8 Å². The number of hydrogen-bond donors (Lipinski definition) is 3. The zero-order valence-corrected chi connectivity index (χ0v) is 21.6. The first-order valence-electron chi connectivity index (χ1n) is 10.5. The third-order valence-corrected chi connectivity index (χ3v) is 4.58. The van der Waals surface area contributed by atoms with Crippen LogP contribution < -0.4 is 0 Å². The molecule has 0 saturated heterocycles. The van der Waals surface area contributed by atoms with Crippen molar-refractivity contribution in [1.29, 1.82) is 0 Å². The SMILES string of the molecule is CC(=O)O.CC(C)(C)c1cc([N+](=O)[O-])cc([N+](=O)[O-])c1O.CC(C)(C)c1cc([N+](=O)[O-])cc([N+](=O)[O-])c1O. The summed E-state index contributed by atoms with van der Waals surface area (Å²) in [4.78, 5) is 48.6. The van der Waals surface area contributed by atoms with Crippen LogP contribution in [0, 0.1) is 40.5 Å². The Morgan fingerprint density at radius 3 is 1.03 bits per heavy atom. The Balaban J connectivity index is 0.000000632. The number of nitro benzene ring substituents is 4. The molecule has 0 heterocycles. The molecular weight excluding hydrogens is 512 g/mol. The summed E-state index contributed by atoms with van der Waals surface area (Å²) in [6, 6.07) is 3.82. The number of rotatable bonds is 4. The van der Waals surface area contributed by atoms with Crippen molar-refractivity contribution in [3.63, 3.8) is 0 Å². The van der Waals surface area contributed by atoms with Crippen molar-refractivity contribution in [2.75, 3.05) is 0 Å². The van der Waals surface area contributed by atoms with Crippen LogP contribution >= 0.6 is 0 Å². The second-order valence-corrected chi connectivity index (χ2v) is 9.77. The van der Waals surface area contributed by atoms with Crippen LogP contribution in [0.4, 0.5) is 22.7 Å². The molecule has 0 radical (unpaired) electrons. The van der Waals surface area contributed by atoms with Crippen LogP contribution in [0.15, 0.2) is 24.3 Å². The van der Waals surface area contributed by atoms with Crippen molar-refractivity contribution in [3.8, 4) is 11.5 Å². The van der Waals surface area contributed by atoms with Crippen LogP contribution in [0.3, 0.4) is 0 Å². The van der Waals surface area contributed by atoms with Crippen molar-refractivity contribution >= 4 is 28.7 Å². The molecule has 0 fully saturated rings. The molecule has 0 unspecified atom stereocenters. The van der Waals surface area contributed by atoms with Gasteiger partial charge in [-0.05, 0) is 10.8 Å². The first-order chi connectivity index (χ1) is 17.0. The zero-order valence-electron chi connectivity index (χ0n) is 21.6. The Morgan fingerprint density at radius 1 is 0.632 bits per heavy atom. The maximum Gasteiger partial charge on any atom is 0.317 e. The predicted octanol–water partition coefficient (Wildman–Crippen LogP) is 5.10. The minimum absolute atomic E-state index is 0.179. The maximum absolute atomic E-state index is 10.7. The van der Waals surface area contributed by atoms with Gasteiger partial charge in [-0.25, -0.2) is 0 Å². The number of phenols is 2. The van der Waals surface area contributed by atoms with Crippen LogP contribution in [-0.2, 0) is 15.6 Å². The summed E-state index contributed by atoms with van der Waals surface area (Å²) in [5, 5.41) is 69.6. The second kappa shape index (κ2) is 12.4. The van der Waals surface area contributed by atoms with Crippen LogP contribution in [-0.4, -0.2) is 41.0 Å². The van der Waals surface area contributed by atoms with Crippen LogP contribution in [0.1, 0.15) is 59.6 Å². The fraction of sp³-hybridized carbons (Fsp3) is 0.409. The van der Waals surface area contributed by atoms with E-state index in [1.165, 1.54) is 0 Å². The number of hydrogen-bond acceptors (Lipinski definition) is 11. The lowest BCUT2D eigenvalue weighted by atomic mass is 9.85. The number of aliphatic carboxylic acids is 1. The van der Waals surface area contributed by atoms with Crippen molar-refractivity contribution in [1.82, 2.24) is 0 Å². The fourth-order valence-corrected chi connectivity index (χ4v) is 2.84. The molecule has 0 aromatic heterocycles. The van der Waals surface area contributed by atoms with Crippen molar-refractivity contribution in [2.45, 2.75) is 59.3 Å². The molecule has 0 spiro atoms. The molecule has 16 nitrogen and oxygen atoms in total. The van der Waals surface area contributed by atoms with Crippen molar-refractivity contribution in [2.24, 2.45) is 0 Å². The minimum Gasteiger partial charge on any atom is -0.502 e. The largest absolute Gasteiger partial charge is 0.502 e. The van der Waals surface area contributed by atoms with E-state index in [0.29, 0.717) is 0 Å². The molecular formula is C22H28N4O12. The lowest BCUT2D eigenvalue weighted by molar-refractivity contribution is -0.395. The van der Waals surface area contributed by atoms with E-state index in [0.717, 1.165) is 31.2 Å². The monoisotopic (exact) mass is 540 g/mol.